The van der Waals surface area contributed by atoms with E-state index < -0.39 is 11.5 Å². The molecule has 0 aliphatic carbocycles. The minimum atomic E-state index is -1.20. The van der Waals surface area contributed by atoms with Crippen LogP contribution in [-0.4, -0.2) is 38.3 Å². The van der Waals surface area contributed by atoms with E-state index in [4.69, 9.17) is 0 Å². The number of hydrogen-bond acceptors (Lipinski definition) is 5. The van der Waals surface area contributed by atoms with Crippen molar-refractivity contribution in [1.29, 1.82) is 0 Å². The second-order valence-electron chi connectivity index (χ2n) is 6.12. The highest BCUT2D eigenvalue weighted by molar-refractivity contribution is 7.90. The summed E-state index contributed by atoms with van der Waals surface area (Å²) in [5, 5.41) is 3.57. The smallest absolute Gasteiger partial charge is 0.212 e. The number of benzene rings is 1. The molecule has 1 aliphatic rings. The van der Waals surface area contributed by atoms with Crippen molar-refractivity contribution >= 4 is 40.5 Å². The molecule has 134 valence electrons. The van der Waals surface area contributed by atoms with Crippen molar-refractivity contribution in [3.8, 4) is 11.1 Å². The third-order valence-electron chi connectivity index (χ3n) is 4.44. The molecule has 1 aromatic carbocycles. The second kappa shape index (κ2) is 7.36. The quantitative estimate of drug-likeness (QED) is 0.459. The van der Waals surface area contributed by atoms with Gasteiger partial charge in [0.05, 0.1) is 5.69 Å². The third-order valence-corrected chi connectivity index (χ3v) is 5.68. The number of rotatable bonds is 6. The highest BCUT2D eigenvalue weighted by Gasteiger charge is 2.24. The van der Waals surface area contributed by atoms with Gasteiger partial charge in [0.15, 0.2) is 11.5 Å². The van der Waals surface area contributed by atoms with Crippen molar-refractivity contribution in [3.63, 3.8) is 0 Å². The zero-order chi connectivity index (χ0) is 17.9. The van der Waals surface area contributed by atoms with Gasteiger partial charge in [-0.1, -0.05) is 12.1 Å². The molecule has 3 N–H and O–H groups in total. The van der Waals surface area contributed by atoms with E-state index in [0.717, 1.165) is 48.1 Å². The Labute approximate surface area is 154 Å². The largest absolute Gasteiger partial charge is 0.573 e. The SMILES string of the molecule is O=CNc1cc(-c2ccc(N[S+]([O-])N3CCCC3)cc2)c2cc[nH]c2n1. The lowest BCUT2D eigenvalue weighted by molar-refractivity contribution is -0.105. The Morgan fingerprint density at radius 2 is 1.96 bits per heavy atom. The number of carbonyl (C=O) groups excluding carboxylic acids is 1. The monoisotopic (exact) mass is 369 g/mol. The topological polar surface area (TPSA) is 96.1 Å². The van der Waals surface area contributed by atoms with Crippen LogP contribution in [0.1, 0.15) is 12.8 Å². The minimum absolute atomic E-state index is 0.488. The van der Waals surface area contributed by atoms with Gasteiger partial charge in [-0.05, 0) is 48.2 Å². The Balaban J connectivity index is 1.59. The van der Waals surface area contributed by atoms with Crippen molar-refractivity contribution in [2.24, 2.45) is 0 Å². The third kappa shape index (κ3) is 3.39. The summed E-state index contributed by atoms with van der Waals surface area (Å²) in [6.45, 7) is 1.74. The summed E-state index contributed by atoms with van der Waals surface area (Å²) >= 11 is -1.20. The molecule has 7 nitrogen and oxygen atoms in total. The molecule has 3 aromatic rings. The van der Waals surface area contributed by atoms with Crippen molar-refractivity contribution < 1.29 is 9.35 Å². The molecule has 1 saturated heterocycles. The van der Waals surface area contributed by atoms with Gasteiger partial charge in [0.1, 0.15) is 11.5 Å². The standard InChI is InChI=1S/C18H19N5O2S/c24-12-20-17-11-16(15-7-8-19-18(15)21-17)13-3-5-14(6-4-13)22-26(25)23-9-1-2-10-23/h3-8,11-12,22H,1-2,9-10H2,(H2,19,20,21,24). The van der Waals surface area contributed by atoms with E-state index in [1.54, 1.807) is 0 Å². The molecule has 0 bridgehead atoms. The first-order chi connectivity index (χ1) is 12.7. The number of aromatic nitrogens is 2. The minimum Gasteiger partial charge on any atom is -0.573 e. The van der Waals surface area contributed by atoms with Crippen LogP contribution in [0.4, 0.5) is 11.5 Å². The van der Waals surface area contributed by atoms with Crippen LogP contribution in [0.15, 0.2) is 42.6 Å². The van der Waals surface area contributed by atoms with Crippen LogP contribution in [0, 0.1) is 0 Å². The number of fused-ring (bicyclic) bond motifs is 1. The first-order valence-electron chi connectivity index (χ1n) is 8.47. The van der Waals surface area contributed by atoms with Crippen LogP contribution in [0.25, 0.3) is 22.2 Å². The van der Waals surface area contributed by atoms with Crippen molar-refractivity contribution in [2.75, 3.05) is 23.1 Å². The summed E-state index contributed by atoms with van der Waals surface area (Å²) in [6, 6.07) is 11.6. The maximum Gasteiger partial charge on any atom is 0.212 e. The highest BCUT2D eigenvalue weighted by Crippen LogP contribution is 2.30. The van der Waals surface area contributed by atoms with Gasteiger partial charge in [0.2, 0.25) is 6.41 Å². The Bertz CT molecular complexity index is 906. The van der Waals surface area contributed by atoms with Crippen LogP contribution < -0.4 is 10.0 Å². The summed E-state index contributed by atoms with van der Waals surface area (Å²) in [6.07, 6.45) is 4.62. The molecule has 8 heteroatoms. The normalized spacial score (nSPS) is 15.9. The van der Waals surface area contributed by atoms with E-state index in [9.17, 15) is 9.35 Å². The van der Waals surface area contributed by atoms with E-state index in [1.807, 2.05) is 46.9 Å². The fourth-order valence-corrected chi connectivity index (χ4v) is 4.20. The van der Waals surface area contributed by atoms with Gasteiger partial charge in [0, 0.05) is 24.7 Å². The van der Waals surface area contributed by atoms with Gasteiger partial charge < -0.3 is 14.9 Å². The van der Waals surface area contributed by atoms with Crippen LogP contribution in [-0.2, 0) is 16.3 Å². The number of H-pyrrole nitrogens is 1. The summed E-state index contributed by atoms with van der Waals surface area (Å²) in [5.41, 5.74) is 3.48. The average Bonchev–Trinajstić information content (AvgIpc) is 3.34. The zero-order valence-corrected chi connectivity index (χ0v) is 14.9. The van der Waals surface area contributed by atoms with Crippen molar-refractivity contribution in [2.45, 2.75) is 12.8 Å². The molecule has 3 heterocycles. The number of pyridine rings is 1. The van der Waals surface area contributed by atoms with Crippen molar-refractivity contribution in [1.82, 2.24) is 14.3 Å². The second-order valence-corrected chi connectivity index (χ2v) is 7.34. The summed E-state index contributed by atoms with van der Waals surface area (Å²) in [5.74, 6) is 0.488. The van der Waals surface area contributed by atoms with E-state index >= 15 is 0 Å². The number of amides is 1. The van der Waals surface area contributed by atoms with Crippen molar-refractivity contribution in [3.05, 3.63) is 42.6 Å². The molecule has 1 amide bonds. The molecule has 0 spiro atoms. The average molecular weight is 369 g/mol. The van der Waals surface area contributed by atoms with E-state index in [2.05, 4.69) is 20.0 Å². The first kappa shape index (κ1) is 16.9. The molecule has 0 radical (unpaired) electrons. The van der Waals surface area contributed by atoms with Crippen LogP contribution in [0.2, 0.25) is 0 Å². The summed E-state index contributed by atoms with van der Waals surface area (Å²) < 4.78 is 17.3. The molecule has 2 aromatic heterocycles. The number of carbonyl (C=O) groups is 1. The van der Waals surface area contributed by atoms with E-state index in [-0.39, 0.29) is 0 Å². The Kier molecular flexibility index (Phi) is 4.79. The van der Waals surface area contributed by atoms with Crippen LogP contribution in [0.5, 0.6) is 0 Å². The lowest BCUT2D eigenvalue weighted by Gasteiger charge is -2.19. The predicted octanol–water partition coefficient (Wildman–Crippen LogP) is 2.88. The van der Waals surface area contributed by atoms with Gasteiger partial charge in [-0.2, -0.15) is 4.72 Å². The van der Waals surface area contributed by atoms with Gasteiger partial charge in [-0.3, -0.25) is 4.79 Å². The Morgan fingerprint density at radius 3 is 2.69 bits per heavy atom. The molecular weight excluding hydrogens is 350 g/mol. The lowest BCUT2D eigenvalue weighted by atomic mass is 10.0. The zero-order valence-electron chi connectivity index (χ0n) is 14.1. The van der Waals surface area contributed by atoms with Gasteiger partial charge in [-0.25, -0.2) is 4.98 Å². The fraction of sp³-hybridized carbons (Fsp3) is 0.222. The number of anilines is 2. The maximum atomic E-state index is 12.3. The molecule has 1 atom stereocenters. The van der Waals surface area contributed by atoms with E-state index in [1.165, 1.54) is 0 Å². The van der Waals surface area contributed by atoms with Crippen LogP contribution >= 0.6 is 0 Å². The molecule has 1 unspecified atom stereocenters. The number of aromatic amines is 1. The van der Waals surface area contributed by atoms with Gasteiger partial charge >= 0.3 is 0 Å². The lowest BCUT2D eigenvalue weighted by Crippen LogP contribution is -2.33. The molecular formula is C18H19N5O2S. The fourth-order valence-electron chi connectivity index (χ4n) is 3.15. The maximum absolute atomic E-state index is 12.3. The van der Waals surface area contributed by atoms with Gasteiger partial charge in [0.25, 0.3) is 0 Å². The Morgan fingerprint density at radius 1 is 1.19 bits per heavy atom. The first-order valence-corrected chi connectivity index (χ1v) is 9.57. The number of nitrogens with zero attached hydrogens (tertiary/aromatic N) is 2. The summed E-state index contributed by atoms with van der Waals surface area (Å²) in [7, 11) is 0. The van der Waals surface area contributed by atoms with E-state index in [0.29, 0.717) is 17.9 Å². The predicted molar refractivity (Wildman–Crippen MR) is 104 cm³/mol. The number of nitrogens with one attached hydrogen (secondary N) is 3. The number of hydrogen-bond donors (Lipinski definition) is 3. The highest BCUT2D eigenvalue weighted by atomic mass is 32.2. The van der Waals surface area contributed by atoms with Crippen LogP contribution in [0.3, 0.4) is 0 Å². The molecule has 26 heavy (non-hydrogen) atoms. The summed E-state index contributed by atoms with van der Waals surface area (Å²) in [4.78, 5) is 18.2. The molecule has 4 rings (SSSR count). The van der Waals surface area contributed by atoms with Gasteiger partial charge in [-0.15, -0.1) is 4.31 Å². The Hall–Kier alpha value is -2.55. The molecule has 0 saturated carbocycles. The molecule has 1 fully saturated rings. The molecule has 1 aliphatic heterocycles.